The van der Waals surface area contributed by atoms with Crippen molar-refractivity contribution in [2.75, 3.05) is 0 Å². The van der Waals surface area contributed by atoms with Crippen molar-refractivity contribution in [3.63, 3.8) is 0 Å². The van der Waals surface area contributed by atoms with Crippen LogP contribution in [0, 0.1) is 49.2 Å². The Bertz CT molecular complexity index is 1890. The number of pyridine rings is 4. The van der Waals surface area contributed by atoms with Gasteiger partial charge < -0.3 is 9.97 Å². The third kappa shape index (κ3) is 11.7. The van der Waals surface area contributed by atoms with E-state index in [1.54, 1.807) is 24.5 Å². The van der Waals surface area contributed by atoms with Crippen molar-refractivity contribution < 1.29 is 37.7 Å². The molecule has 51 heavy (non-hydrogen) atoms. The molecule has 0 fully saturated rings. The SMILES string of the molecule is CC(C)(C)c1ccnc(-c2cc(C(C)(C)C)ccn2)c1.Cc1ccc(-c2[c-]cc(F)cc2F)nc1.Cc1ccc(-c2[c-]cc(F)cc2F)nc1.[Ir]. The molecule has 0 unspecified atom stereocenters. The van der Waals surface area contributed by atoms with Crippen LogP contribution in [0.5, 0.6) is 0 Å². The number of rotatable bonds is 3. The summed E-state index contributed by atoms with van der Waals surface area (Å²) in [6.45, 7) is 17.1. The Labute approximate surface area is 311 Å². The third-order valence-electron chi connectivity index (χ3n) is 7.57. The Morgan fingerprint density at radius 3 is 1.16 bits per heavy atom. The summed E-state index contributed by atoms with van der Waals surface area (Å²) < 4.78 is 51.9. The molecular weight excluding hydrogens is 829 g/mol. The minimum absolute atomic E-state index is 0. The largest absolute Gasteiger partial charge is 0.304 e. The number of halogens is 4. The summed E-state index contributed by atoms with van der Waals surface area (Å²) >= 11 is 0. The van der Waals surface area contributed by atoms with Crippen LogP contribution < -0.4 is 0 Å². The first-order valence-electron chi connectivity index (χ1n) is 16.0. The molecule has 4 heterocycles. The van der Waals surface area contributed by atoms with Gasteiger partial charge in [0.2, 0.25) is 0 Å². The number of aromatic nitrogens is 4. The van der Waals surface area contributed by atoms with Gasteiger partial charge in [0.1, 0.15) is 0 Å². The fourth-order valence-corrected chi connectivity index (χ4v) is 4.59. The first kappa shape index (κ1) is 40.8. The minimum atomic E-state index is -0.647. The molecule has 0 aliphatic rings. The van der Waals surface area contributed by atoms with Gasteiger partial charge >= 0.3 is 0 Å². The summed E-state index contributed by atoms with van der Waals surface area (Å²) in [5.41, 5.74) is 7.98. The normalized spacial score (nSPS) is 11.0. The maximum absolute atomic E-state index is 13.3. The zero-order chi connectivity index (χ0) is 36.6. The molecule has 4 nitrogen and oxygen atoms in total. The van der Waals surface area contributed by atoms with Crippen LogP contribution in [0.2, 0.25) is 0 Å². The molecule has 6 aromatic rings. The van der Waals surface area contributed by atoms with Gasteiger partial charge in [-0.15, -0.1) is 24.3 Å². The number of hydrogen-bond donors (Lipinski definition) is 0. The van der Waals surface area contributed by atoms with E-state index in [-0.39, 0.29) is 42.1 Å². The van der Waals surface area contributed by atoms with Gasteiger partial charge in [-0.3, -0.25) is 27.5 Å². The Kier molecular flexibility index (Phi) is 14.1. The fourth-order valence-electron chi connectivity index (χ4n) is 4.59. The van der Waals surface area contributed by atoms with Gasteiger partial charge in [-0.2, -0.15) is 0 Å². The summed E-state index contributed by atoms with van der Waals surface area (Å²) in [6.07, 6.45) is 7.01. The molecule has 0 spiro atoms. The van der Waals surface area contributed by atoms with Gasteiger partial charge in [-0.1, -0.05) is 89.1 Å². The van der Waals surface area contributed by atoms with Crippen LogP contribution in [0.25, 0.3) is 33.9 Å². The van der Waals surface area contributed by atoms with Crippen molar-refractivity contribution >= 4 is 0 Å². The molecule has 0 aliphatic carbocycles. The van der Waals surface area contributed by atoms with Gasteiger partial charge in [-0.05, 0) is 82.6 Å². The molecular formula is C42H40F4IrN4-2. The quantitative estimate of drug-likeness (QED) is 0.131. The van der Waals surface area contributed by atoms with E-state index in [9.17, 15) is 17.6 Å². The van der Waals surface area contributed by atoms with Crippen molar-refractivity contribution in [1.82, 2.24) is 19.9 Å². The van der Waals surface area contributed by atoms with Gasteiger partial charge in [0.05, 0.1) is 11.4 Å². The Hall–Kier alpha value is -4.59. The van der Waals surface area contributed by atoms with Crippen LogP contribution in [0.4, 0.5) is 17.6 Å². The maximum atomic E-state index is 13.3. The number of nitrogens with zero attached hydrogens (tertiary/aromatic N) is 4. The number of benzene rings is 2. The summed E-state index contributed by atoms with van der Waals surface area (Å²) in [7, 11) is 0. The Morgan fingerprint density at radius 1 is 0.490 bits per heavy atom. The van der Waals surface area contributed by atoms with Crippen LogP contribution in [-0.4, -0.2) is 19.9 Å². The number of hydrogen-bond acceptors (Lipinski definition) is 4. The van der Waals surface area contributed by atoms with E-state index < -0.39 is 23.3 Å². The molecule has 0 amide bonds. The number of aryl methyl sites for hydroxylation is 2. The average molecular weight is 869 g/mol. The van der Waals surface area contributed by atoms with E-state index in [2.05, 4.69) is 97.9 Å². The van der Waals surface area contributed by atoms with Crippen LogP contribution in [-0.2, 0) is 30.9 Å². The molecule has 2 aromatic carbocycles. The van der Waals surface area contributed by atoms with E-state index in [0.29, 0.717) is 11.4 Å². The fraction of sp³-hybridized carbons (Fsp3) is 0.238. The van der Waals surface area contributed by atoms with Crippen LogP contribution in [0.3, 0.4) is 0 Å². The van der Waals surface area contributed by atoms with Crippen molar-refractivity contribution in [3.05, 3.63) is 155 Å². The second-order valence-electron chi connectivity index (χ2n) is 13.9. The smallest absolute Gasteiger partial charge is 0.0889 e. The molecule has 0 saturated heterocycles. The Morgan fingerprint density at radius 2 is 0.863 bits per heavy atom. The van der Waals surface area contributed by atoms with Gasteiger partial charge in [-0.25, -0.2) is 0 Å². The average Bonchev–Trinajstić information content (AvgIpc) is 3.06. The predicted molar refractivity (Wildman–Crippen MR) is 191 cm³/mol. The molecule has 0 saturated carbocycles. The van der Waals surface area contributed by atoms with Gasteiger partial charge in [0, 0.05) is 68.2 Å². The Balaban J connectivity index is 0.000000208. The third-order valence-corrected chi connectivity index (χ3v) is 7.57. The molecule has 0 atom stereocenters. The zero-order valence-corrected chi connectivity index (χ0v) is 32.3. The molecule has 0 bridgehead atoms. The van der Waals surface area contributed by atoms with E-state index in [1.165, 1.54) is 11.1 Å². The second kappa shape index (κ2) is 17.6. The molecule has 0 aliphatic heterocycles. The predicted octanol–water partition coefficient (Wildman–Crippen LogP) is 11.0. The molecule has 4 aromatic heterocycles. The van der Waals surface area contributed by atoms with Gasteiger partial charge in [0.25, 0.3) is 0 Å². The van der Waals surface area contributed by atoms with Crippen molar-refractivity contribution in [1.29, 1.82) is 0 Å². The molecule has 9 heteroatoms. The molecule has 1 radical (unpaired) electrons. The summed E-state index contributed by atoms with van der Waals surface area (Å²) in [5, 5.41) is 0. The topological polar surface area (TPSA) is 51.6 Å². The van der Waals surface area contributed by atoms with Crippen LogP contribution in [0.15, 0.2) is 97.6 Å². The van der Waals surface area contributed by atoms with Crippen LogP contribution >= 0.6 is 0 Å². The van der Waals surface area contributed by atoms with E-state index >= 15 is 0 Å². The molecule has 6 rings (SSSR count). The van der Waals surface area contributed by atoms with Crippen molar-refractivity contribution in [3.8, 4) is 33.9 Å². The summed E-state index contributed by atoms with van der Waals surface area (Å²) in [5.74, 6) is -2.57. The van der Waals surface area contributed by atoms with E-state index in [4.69, 9.17) is 0 Å². The van der Waals surface area contributed by atoms with Crippen LogP contribution in [0.1, 0.15) is 63.8 Å². The molecule has 0 N–H and O–H groups in total. The standard InChI is InChI=1S/C18H24N2.2C12H8F2N.Ir/c1-17(2,3)13-7-9-19-15(11-13)16-12-14(8-10-20-16)18(4,5)6;2*1-8-2-5-12(15-7-8)10-4-3-9(13)6-11(10)14;/h7-12H,1-6H3;2*2-3,5-7H,1H3;/q;2*-1;. The summed E-state index contributed by atoms with van der Waals surface area (Å²) in [6, 6.07) is 24.4. The maximum Gasteiger partial charge on any atom is 0.0889 e. The van der Waals surface area contributed by atoms with Crippen molar-refractivity contribution in [2.24, 2.45) is 0 Å². The van der Waals surface area contributed by atoms with Gasteiger partial charge in [0.15, 0.2) is 0 Å². The zero-order valence-electron chi connectivity index (χ0n) is 29.9. The summed E-state index contributed by atoms with van der Waals surface area (Å²) in [4.78, 5) is 17.1. The van der Waals surface area contributed by atoms with E-state index in [0.717, 1.165) is 46.8 Å². The first-order chi connectivity index (χ1) is 23.5. The monoisotopic (exact) mass is 869 g/mol. The first-order valence-corrected chi connectivity index (χ1v) is 16.0. The van der Waals surface area contributed by atoms with Crippen molar-refractivity contribution in [2.45, 2.75) is 66.2 Å². The minimum Gasteiger partial charge on any atom is -0.304 e. The van der Waals surface area contributed by atoms with E-state index in [1.807, 2.05) is 38.4 Å². The molecule has 267 valence electrons. The second-order valence-corrected chi connectivity index (χ2v) is 13.9.